The Morgan fingerprint density at radius 3 is 2.03 bits per heavy atom. The summed E-state index contributed by atoms with van der Waals surface area (Å²) in [7, 11) is 1.38. The lowest BCUT2D eigenvalue weighted by molar-refractivity contribution is -0.309. The van der Waals surface area contributed by atoms with E-state index in [1.165, 1.54) is 27.9 Å². The lowest BCUT2D eigenvalue weighted by atomic mass is 9.51. The van der Waals surface area contributed by atoms with E-state index in [0.29, 0.717) is 11.1 Å². The lowest BCUT2D eigenvalue weighted by Gasteiger charge is -2.54. The van der Waals surface area contributed by atoms with Crippen molar-refractivity contribution in [3.05, 3.63) is 28.3 Å². The third-order valence-electron chi connectivity index (χ3n) is 6.24. The topological polar surface area (TPSA) is 55.8 Å². The fourth-order valence-corrected chi connectivity index (χ4v) is 4.76. The Hall–Kier alpha value is -1.47. The standard InChI is InChI=1S/C21H30ClF3O4/c1-8-19(9-2,20(27,21(23,24)25)17(26)29-10-3)18(5,6)14-12-11-13(4)15(22)16(14)28-7/h11-12,27H,8-10H2,1-7H3. The van der Waals surface area contributed by atoms with Crippen LogP contribution >= 0.6 is 11.6 Å². The van der Waals surface area contributed by atoms with E-state index in [1.54, 1.807) is 32.9 Å². The summed E-state index contributed by atoms with van der Waals surface area (Å²) in [5, 5.41) is 11.3. The molecule has 166 valence electrons. The molecule has 0 amide bonds. The van der Waals surface area contributed by atoms with E-state index in [9.17, 15) is 23.1 Å². The Morgan fingerprint density at radius 2 is 1.66 bits per heavy atom. The highest BCUT2D eigenvalue weighted by Crippen LogP contribution is 2.60. The number of rotatable bonds is 8. The molecule has 1 rings (SSSR count). The minimum atomic E-state index is -5.26. The summed E-state index contributed by atoms with van der Waals surface area (Å²) < 4.78 is 53.1. The predicted octanol–water partition coefficient (Wildman–Crippen LogP) is 5.60. The van der Waals surface area contributed by atoms with Gasteiger partial charge in [0.15, 0.2) is 0 Å². The van der Waals surface area contributed by atoms with Crippen LogP contribution in [0.2, 0.25) is 5.02 Å². The monoisotopic (exact) mass is 438 g/mol. The number of hydrogen-bond donors (Lipinski definition) is 1. The van der Waals surface area contributed by atoms with Crippen LogP contribution in [0.3, 0.4) is 0 Å². The van der Waals surface area contributed by atoms with Gasteiger partial charge < -0.3 is 14.6 Å². The van der Waals surface area contributed by atoms with Gasteiger partial charge in [0.1, 0.15) is 5.75 Å². The number of halogens is 4. The number of hydrogen-bond acceptors (Lipinski definition) is 4. The van der Waals surface area contributed by atoms with Crippen LogP contribution in [0.25, 0.3) is 0 Å². The molecule has 0 bridgehead atoms. The molecular weight excluding hydrogens is 409 g/mol. The van der Waals surface area contributed by atoms with Crippen LogP contribution in [0.4, 0.5) is 13.2 Å². The number of benzene rings is 1. The largest absolute Gasteiger partial charge is 0.495 e. The number of alkyl halides is 3. The van der Waals surface area contributed by atoms with Crippen molar-refractivity contribution in [1.29, 1.82) is 0 Å². The number of aryl methyl sites for hydroxylation is 1. The molecule has 0 aliphatic carbocycles. The third kappa shape index (κ3) is 3.72. The van der Waals surface area contributed by atoms with Crippen LogP contribution < -0.4 is 4.74 Å². The predicted molar refractivity (Wildman–Crippen MR) is 106 cm³/mol. The SMILES string of the molecule is CCOC(=O)C(O)(C(F)(F)F)C(CC)(CC)C(C)(C)c1ccc(C)c(Cl)c1OC. The number of methoxy groups -OCH3 is 1. The van der Waals surface area contributed by atoms with E-state index in [1.807, 2.05) is 0 Å². The highest BCUT2D eigenvalue weighted by Gasteiger charge is 2.74. The van der Waals surface area contributed by atoms with Crippen molar-refractivity contribution >= 4 is 17.6 Å². The van der Waals surface area contributed by atoms with Crippen molar-refractivity contribution in [3.8, 4) is 5.75 Å². The van der Waals surface area contributed by atoms with Crippen LogP contribution in [0.15, 0.2) is 12.1 Å². The van der Waals surface area contributed by atoms with E-state index in [4.69, 9.17) is 21.1 Å². The van der Waals surface area contributed by atoms with Gasteiger partial charge in [-0.1, -0.05) is 51.4 Å². The molecule has 0 spiro atoms. The Labute approximate surface area is 175 Å². The Balaban J connectivity index is 3.98. The van der Waals surface area contributed by atoms with E-state index < -0.39 is 28.6 Å². The van der Waals surface area contributed by atoms with Crippen LogP contribution in [-0.4, -0.2) is 36.6 Å². The third-order valence-corrected chi connectivity index (χ3v) is 6.71. The van der Waals surface area contributed by atoms with Crippen molar-refractivity contribution in [2.45, 2.75) is 71.6 Å². The molecule has 0 aliphatic heterocycles. The lowest BCUT2D eigenvalue weighted by Crippen LogP contribution is -2.69. The molecule has 0 aromatic heterocycles. The molecule has 1 unspecified atom stereocenters. The molecule has 1 aromatic rings. The second kappa shape index (κ2) is 8.72. The molecule has 1 aromatic carbocycles. The maximum Gasteiger partial charge on any atom is 0.428 e. The highest BCUT2D eigenvalue weighted by molar-refractivity contribution is 6.33. The molecule has 0 heterocycles. The Bertz CT molecular complexity index is 742. The van der Waals surface area contributed by atoms with Crippen molar-refractivity contribution in [2.75, 3.05) is 13.7 Å². The molecule has 8 heteroatoms. The second-order valence-corrected chi connectivity index (χ2v) is 8.00. The number of ether oxygens (including phenoxy) is 2. The van der Waals surface area contributed by atoms with Gasteiger partial charge in [-0.05, 0) is 32.3 Å². The zero-order valence-electron chi connectivity index (χ0n) is 18.0. The fourth-order valence-electron chi connectivity index (χ4n) is 4.52. The van der Waals surface area contributed by atoms with Gasteiger partial charge in [0.25, 0.3) is 5.60 Å². The first-order valence-corrected chi connectivity index (χ1v) is 9.91. The van der Waals surface area contributed by atoms with Crippen LogP contribution in [0.5, 0.6) is 5.75 Å². The molecule has 1 atom stereocenters. The van der Waals surface area contributed by atoms with Crippen LogP contribution in [0, 0.1) is 12.3 Å². The molecule has 0 saturated heterocycles. The van der Waals surface area contributed by atoms with E-state index in [-0.39, 0.29) is 30.2 Å². The molecule has 29 heavy (non-hydrogen) atoms. The molecule has 1 N–H and O–H groups in total. The van der Waals surface area contributed by atoms with Crippen molar-refractivity contribution < 1.29 is 32.5 Å². The molecule has 0 saturated carbocycles. The first kappa shape index (κ1) is 25.6. The summed E-state index contributed by atoms with van der Waals surface area (Å²) in [5.74, 6) is -1.49. The van der Waals surface area contributed by atoms with Crippen molar-refractivity contribution in [2.24, 2.45) is 5.41 Å². The van der Waals surface area contributed by atoms with Gasteiger partial charge in [0.2, 0.25) is 0 Å². The zero-order valence-corrected chi connectivity index (χ0v) is 18.7. The molecule has 0 radical (unpaired) electrons. The summed E-state index contributed by atoms with van der Waals surface area (Å²) in [5.41, 5.74) is -6.01. The fraction of sp³-hybridized carbons (Fsp3) is 0.667. The molecule has 4 nitrogen and oxygen atoms in total. The van der Waals surface area contributed by atoms with Crippen LogP contribution in [-0.2, 0) is 14.9 Å². The maximum atomic E-state index is 14.3. The van der Waals surface area contributed by atoms with Gasteiger partial charge in [-0.25, -0.2) is 4.79 Å². The van der Waals surface area contributed by atoms with Gasteiger partial charge in [-0.2, -0.15) is 13.2 Å². The van der Waals surface area contributed by atoms with Crippen molar-refractivity contribution in [1.82, 2.24) is 0 Å². The van der Waals surface area contributed by atoms with Gasteiger partial charge in [-0.3, -0.25) is 0 Å². The minimum absolute atomic E-state index is 0.153. The Morgan fingerprint density at radius 1 is 1.14 bits per heavy atom. The van der Waals surface area contributed by atoms with Gasteiger partial charge in [-0.15, -0.1) is 0 Å². The number of carbonyl (C=O) groups is 1. The van der Waals surface area contributed by atoms with Crippen molar-refractivity contribution in [3.63, 3.8) is 0 Å². The average Bonchev–Trinajstić information content (AvgIpc) is 2.63. The zero-order chi connectivity index (χ0) is 22.8. The maximum absolute atomic E-state index is 14.3. The summed E-state index contributed by atoms with van der Waals surface area (Å²) in [6.45, 7) is 8.99. The molecule has 0 aliphatic rings. The van der Waals surface area contributed by atoms with Gasteiger partial charge in [0, 0.05) is 16.4 Å². The second-order valence-electron chi connectivity index (χ2n) is 7.62. The number of esters is 1. The summed E-state index contributed by atoms with van der Waals surface area (Å²) in [4.78, 5) is 12.6. The normalized spacial score (nSPS) is 15.0. The van der Waals surface area contributed by atoms with E-state index >= 15 is 0 Å². The summed E-state index contributed by atoms with van der Waals surface area (Å²) in [6, 6.07) is 3.30. The summed E-state index contributed by atoms with van der Waals surface area (Å²) in [6.07, 6.45) is -5.57. The minimum Gasteiger partial charge on any atom is -0.495 e. The summed E-state index contributed by atoms with van der Waals surface area (Å²) >= 11 is 6.36. The molecule has 0 fully saturated rings. The Kier molecular flexibility index (Phi) is 7.69. The van der Waals surface area contributed by atoms with E-state index in [2.05, 4.69) is 0 Å². The van der Waals surface area contributed by atoms with Gasteiger partial charge >= 0.3 is 12.1 Å². The number of carbonyl (C=O) groups excluding carboxylic acids is 1. The highest BCUT2D eigenvalue weighted by atomic mass is 35.5. The molecular formula is C21H30ClF3O4. The van der Waals surface area contributed by atoms with E-state index in [0.717, 1.165) is 0 Å². The first-order valence-electron chi connectivity index (χ1n) is 9.53. The van der Waals surface area contributed by atoms with Crippen LogP contribution in [0.1, 0.15) is 58.6 Å². The smallest absolute Gasteiger partial charge is 0.428 e. The first-order chi connectivity index (χ1) is 13.2. The van der Waals surface area contributed by atoms with Gasteiger partial charge in [0.05, 0.1) is 18.7 Å². The quantitative estimate of drug-likeness (QED) is 0.537. The average molecular weight is 439 g/mol. The number of aliphatic hydroxyl groups is 1.